The Morgan fingerprint density at radius 2 is 1.33 bits per heavy atom. The number of carboxylic acid groups (broad SMARTS) is 1. The van der Waals surface area contributed by atoms with Gasteiger partial charge in [0.25, 0.3) is 6.47 Å². The zero-order valence-corrected chi connectivity index (χ0v) is 7.37. The maximum atomic E-state index is 8.74. The van der Waals surface area contributed by atoms with Crippen LogP contribution in [0.5, 0.6) is 0 Å². The quantitative estimate of drug-likeness (QED) is 0.194. The predicted octanol–water partition coefficient (Wildman–Crippen LogP) is -3.84. The van der Waals surface area contributed by atoms with Crippen molar-refractivity contribution in [1.29, 1.82) is 0 Å². The van der Waals surface area contributed by atoms with E-state index in [4.69, 9.17) is 27.4 Å². The minimum absolute atomic E-state index is 0. The summed E-state index contributed by atoms with van der Waals surface area (Å²) in [5.74, 6) is 0. The fourth-order valence-electron chi connectivity index (χ4n) is 0. The van der Waals surface area contributed by atoms with E-state index in [2.05, 4.69) is 0 Å². The van der Waals surface area contributed by atoms with Gasteiger partial charge in [-0.05, 0) is 0 Å². The molecule has 0 aromatic heterocycles. The minimum Gasteiger partial charge on any atom is -1.00 e. The first-order valence-corrected chi connectivity index (χ1v) is 2.59. The van der Waals surface area contributed by atoms with E-state index >= 15 is 0 Å². The molecule has 0 unspecified atom stereocenters. The monoisotopic (exact) mass is 168 g/mol. The van der Waals surface area contributed by atoms with E-state index in [1.54, 1.807) is 0 Å². The molecule has 0 rings (SSSR count). The number of rotatable bonds is 0. The molecule has 8 heteroatoms. The maximum Gasteiger partial charge on any atom is 1.00 e. The number of hydrogen-bond acceptors (Lipinski definition) is 3. The van der Waals surface area contributed by atoms with Crippen LogP contribution in [0.2, 0.25) is 0 Å². The summed E-state index contributed by atoms with van der Waals surface area (Å²) in [5, 5.41) is 6.89. The summed E-state index contributed by atoms with van der Waals surface area (Å²) in [4.78, 5) is 8.36. The van der Waals surface area contributed by atoms with E-state index in [0.717, 1.165) is 0 Å². The molecule has 3 N–H and O–H groups in total. The summed E-state index contributed by atoms with van der Waals surface area (Å²) in [7, 11) is -4.67. The van der Waals surface area contributed by atoms with Gasteiger partial charge in [-0.3, -0.25) is 13.9 Å². The summed E-state index contributed by atoms with van der Waals surface area (Å²) >= 11 is 0. The second-order valence-corrected chi connectivity index (χ2v) is 1.45. The standard InChI is InChI=1S/CH2O2.Na.H2O4S.H/c2-1-3;;1-5(2,3)4;/h1H,(H,2,3);;(H2,1,2,3,4);/q;+1;;-1. The Bertz CT molecular complexity index is 132. The summed E-state index contributed by atoms with van der Waals surface area (Å²) in [5.41, 5.74) is 0. The molecule has 6 nitrogen and oxygen atoms in total. The molecule has 0 fully saturated rings. The van der Waals surface area contributed by atoms with Gasteiger partial charge in [0.05, 0.1) is 0 Å². The van der Waals surface area contributed by atoms with E-state index in [0.29, 0.717) is 0 Å². The normalized spacial score (nSPS) is 7.78. The van der Waals surface area contributed by atoms with Crippen LogP contribution in [0, 0.1) is 0 Å². The van der Waals surface area contributed by atoms with Crippen molar-refractivity contribution < 1.29 is 58.4 Å². The van der Waals surface area contributed by atoms with Crippen LogP contribution in [-0.2, 0) is 15.2 Å². The molecule has 0 radical (unpaired) electrons. The molecule has 0 aliphatic heterocycles. The van der Waals surface area contributed by atoms with Gasteiger partial charge in [-0.25, -0.2) is 0 Å². The zero-order chi connectivity index (χ0) is 7.21. The van der Waals surface area contributed by atoms with Gasteiger partial charge in [0.1, 0.15) is 0 Å². The molecule has 0 atom stereocenters. The second kappa shape index (κ2) is 8.34. The minimum atomic E-state index is -4.67. The third kappa shape index (κ3) is 2900. The SMILES string of the molecule is O=CO.O=S(=O)(O)O.[H-].[Na+]. The Hall–Kier alpha value is 0.340. The first-order valence-electron chi connectivity index (χ1n) is 1.19. The summed E-state index contributed by atoms with van der Waals surface area (Å²) in [6, 6.07) is 0. The Morgan fingerprint density at radius 3 is 1.33 bits per heavy atom. The molecule has 0 aliphatic rings. The predicted molar refractivity (Wildman–Crippen MR) is 24.0 cm³/mol. The summed E-state index contributed by atoms with van der Waals surface area (Å²) in [6.07, 6.45) is 0. The van der Waals surface area contributed by atoms with Gasteiger partial charge in [0, 0.05) is 0 Å². The Morgan fingerprint density at radius 1 is 1.33 bits per heavy atom. The molecule has 0 bridgehead atoms. The molecule has 0 amide bonds. The van der Waals surface area contributed by atoms with E-state index < -0.39 is 10.4 Å². The third-order valence-electron chi connectivity index (χ3n) is 0. The van der Waals surface area contributed by atoms with Crippen molar-refractivity contribution in [2.75, 3.05) is 0 Å². The smallest absolute Gasteiger partial charge is 1.00 e. The van der Waals surface area contributed by atoms with Crippen LogP contribution in [0.3, 0.4) is 0 Å². The van der Waals surface area contributed by atoms with Crippen LogP contribution in [0.15, 0.2) is 0 Å². The fourth-order valence-corrected chi connectivity index (χ4v) is 0. The summed E-state index contributed by atoms with van der Waals surface area (Å²) in [6.45, 7) is -0.250. The average molecular weight is 168 g/mol. The Balaban J connectivity index is -0.0000000326. The molecular weight excluding hydrogens is 163 g/mol. The largest absolute Gasteiger partial charge is 1.00 e. The van der Waals surface area contributed by atoms with E-state index in [1.807, 2.05) is 0 Å². The van der Waals surface area contributed by atoms with E-state index in [9.17, 15) is 0 Å². The summed E-state index contributed by atoms with van der Waals surface area (Å²) < 4.78 is 31.6. The van der Waals surface area contributed by atoms with Crippen LogP contribution in [-0.4, -0.2) is 29.1 Å². The van der Waals surface area contributed by atoms with Gasteiger partial charge >= 0.3 is 40.0 Å². The number of carbonyl (C=O) groups is 1. The van der Waals surface area contributed by atoms with Gasteiger partial charge in [-0.1, -0.05) is 0 Å². The van der Waals surface area contributed by atoms with Crippen molar-refractivity contribution in [1.82, 2.24) is 0 Å². The van der Waals surface area contributed by atoms with Gasteiger partial charge in [-0.2, -0.15) is 8.42 Å². The molecule has 0 saturated carbocycles. The van der Waals surface area contributed by atoms with Crippen molar-refractivity contribution in [2.24, 2.45) is 0 Å². The molecule has 0 heterocycles. The molecule has 0 spiro atoms. The van der Waals surface area contributed by atoms with Gasteiger partial charge in [-0.15, -0.1) is 0 Å². The Labute approximate surface area is 75.2 Å². The fraction of sp³-hybridized carbons (Fsp3) is 0. The Kier molecular flexibility index (Phi) is 15.0. The molecule has 0 aromatic carbocycles. The molecule has 0 aromatic rings. The topological polar surface area (TPSA) is 112 Å². The molecule has 9 heavy (non-hydrogen) atoms. The van der Waals surface area contributed by atoms with E-state index in [-0.39, 0.29) is 37.5 Å². The van der Waals surface area contributed by atoms with Crippen molar-refractivity contribution in [3.8, 4) is 0 Å². The van der Waals surface area contributed by atoms with Crippen molar-refractivity contribution in [2.45, 2.75) is 0 Å². The van der Waals surface area contributed by atoms with Crippen molar-refractivity contribution in [3.05, 3.63) is 0 Å². The third-order valence-corrected chi connectivity index (χ3v) is 0. The molecular formula is CH5NaO6S. The van der Waals surface area contributed by atoms with Gasteiger partial charge < -0.3 is 6.53 Å². The van der Waals surface area contributed by atoms with Crippen LogP contribution >= 0.6 is 0 Å². The van der Waals surface area contributed by atoms with Crippen molar-refractivity contribution in [3.63, 3.8) is 0 Å². The van der Waals surface area contributed by atoms with Crippen LogP contribution in [0.25, 0.3) is 0 Å². The molecule has 0 aliphatic carbocycles. The van der Waals surface area contributed by atoms with E-state index in [1.165, 1.54) is 0 Å². The molecule has 52 valence electrons. The molecule has 0 saturated heterocycles. The average Bonchev–Trinajstić information content (AvgIpc) is 1.27. The zero-order valence-electron chi connectivity index (χ0n) is 5.55. The number of hydrogen-bond donors (Lipinski definition) is 3. The first kappa shape index (κ1) is 16.2. The maximum absolute atomic E-state index is 8.74. The van der Waals surface area contributed by atoms with Crippen LogP contribution in [0.1, 0.15) is 1.43 Å². The van der Waals surface area contributed by atoms with Gasteiger partial charge in [0.15, 0.2) is 0 Å². The van der Waals surface area contributed by atoms with Crippen molar-refractivity contribution >= 4 is 16.9 Å². The first-order chi connectivity index (χ1) is 3.41. The van der Waals surface area contributed by atoms with Gasteiger partial charge in [0.2, 0.25) is 0 Å². The van der Waals surface area contributed by atoms with Crippen LogP contribution in [0.4, 0.5) is 0 Å². The van der Waals surface area contributed by atoms with Crippen LogP contribution < -0.4 is 29.6 Å². The second-order valence-electron chi connectivity index (χ2n) is 0.553.